The Labute approximate surface area is 162 Å². The summed E-state index contributed by atoms with van der Waals surface area (Å²) in [6.45, 7) is 4.64. The number of hydrogen-bond acceptors (Lipinski definition) is 3. The Morgan fingerprint density at radius 1 is 1.36 bits per heavy atom. The van der Waals surface area contributed by atoms with Gasteiger partial charge in [0.05, 0.1) is 11.6 Å². The highest BCUT2D eigenvalue weighted by Gasteiger charge is 2.16. The summed E-state index contributed by atoms with van der Waals surface area (Å²) >= 11 is 14.0. The molecule has 0 atom stereocenters. The van der Waals surface area contributed by atoms with Crippen molar-refractivity contribution in [2.75, 3.05) is 26.7 Å². The van der Waals surface area contributed by atoms with E-state index in [4.69, 9.17) is 23.2 Å². The van der Waals surface area contributed by atoms with Gasteiger partial charge in [0.25, 0.3) is 0 Å². The fourth-order valence-corrected chi connectivity index (χ4v) is 4.29. The van der Waals surface area contributed by atoms with Crippen LogP contribution in [0.3, 0.4) is 0 Å². The topological polar surface area (TPSA) is 44.6 Å². The van der Waals surface area contributed by atoms with E-state index in [9.17, 15) is 0 Å². The SMILES string of the molecule is CN=C(NCCN1CCc2sccc2C1)NCc1cc(Cl)c(Cl)n1C. The van der Waals surface area contributed by atoms with E-state index in [0.29, 0.717) is 16.7 Å². The molecule has 25 heavy (non-hydrogen) atoms. The molecule has 0 fully saturated rings. The van der Waals surface area contributed by atoms with Crippen molar-refractivity contribution in [2.24, 2.45) is 12.0 Å². The van der Waals surface area contributed by atoms with Gasteiger partial charge in [-0.25, -0.2) is 0 Å². The van der Waals surface area contributed by atoms with Crippen molar-refractivity contribution in [1.82, 2.24) is 20.1 Å². The summed E-state index contributed by atoms with van der Waals surface area (Å²) in [5.41, 5.74) is 2.50. The quantitative estimate of drug-likeness (QED) is 0.599. The second-order valence-electron chi connectivity index (χ2n) is 6.08. The lowest BCUT2D eigenvalue weighted by Crippen LogP contribution is -2.42. The third kappa shape index (κ3) is 4.50. The summed E-state index contributed by atoms with van der Waals surface area (Å²) in [5, 5.41) is 9.99. The third-order valence-electron chi connectivity index (χ3n) is 4.48. The molecule has 1 aliphatic heterocycles. The van der Waals surface area contributed by atoms with Crippen LogP contribution in [0.2, 0.25) is 10.2 Å². The van der Waals surface area contributed by atoms with E-state index >= 15 is 0 Å². The third-order valence-corrected chi connectivity index (χ3v) is 6.35. The number of nitrogens with zero attached hydrogens (tertiary/aromatic N) is 3. The van der Waals surface area contributed by atoms with Crippen LogP contribution in [-0.2, 0) is 26.6 Å². The van der Waals surface area contributed by atoms with Gasteiger partial charge >= 0.3 is 0 Å². The average molecular weight is 400 g/mol. The Morgan fingerprint density at radius 3 is 2.92 bits per heavy atom. The van der Waals surface area contributed by atoms with Crippen LogP contribution in [0.4, 0.5) is 0 Å². The van der Waals surface area contributed by atoms with Crippen molar-refractivity contribution in [3.63, 3.8) is 0 Å². The van der Waals surface area contributed by atoms with Gasteiger partial charge < -0.3 is 15.2 Å². The molecule has 0 amide bonds. The first-order valence-corrected chi connectivity index (χ1v) is 9.93. The van der Waals surface area contributed by atoms with Crippen molar-refractivity contribution < 1.29 is 0 Å². The minimum Gasteiger partial charge on any atom is -0.355 e. The zero-order valence-corrected chi connectivity index (χ0v) is 16.8. The lowest BCUT2D eigenvalue weighted by atomic mass is 10.1. The number of rotatable bonds is 5. The fourth-order valence-electron chi connectivity index (χ4n) is 2.98. The summed E-state index contributed by atoms with van der Waals surface area (Å²) in [6, 6.07) is 4.12. The van der Waals surface area contributed by atoms with E-state index in [-0.39, 0.29) is 0 Å². The van der Waals surface area contributed by atoms with Gasteiger partial charge in [-0.3, -0.25) is 9.89 Å². The molecule has 0 saturated heterocycles. The molecule has 3 heterocycles. The van der Waals surface area contributed by atoms with E-state index in [2.05, 4.69) is 32.0 Å². The molecule has 0 spiro atoms. The highest BCUT2D eigenvalue weighted by atomic mass is 35.5. The first kappa shape index (κ1) is 18.6. The van der Waals surface area contributed by atoms with E-state index in [1.165, 1.54) is 5.56 Å². The van der Waals surface area contributed by atoms with E-state index in [1.807, 2.05) is 29.0 Å². The van der Waals surface area contributed by atoms with Crippen LogP contribution < -0.4 is 10.6 Å². The van der Waals surface area contributed by atoms with Gasteiger partial charge in [0.1, 0.15) is 5.15 Å². The molecule has 3 rings (SSSR count). The van der Waals surface area contributed by atoms with Gasteiger partial charge in [-0.05, 0) is 29.5 Å². The lowest BCUT2D eigenvalue weighted by Gasteiger charge is -2.27. The number of halogens is 2. The molecule has 2 N–H and O–H groups in total. The Kier molecular flexibility index (Phi) is 6.28. The first-order valence-electron chi connectivity index (χ1n) is 8.30. The van der Waals surface area contributed by atoms with Gasteiger partial charge in [-0.15, -0.1) is 11.3 Å². The second kappa shape index (κ2) is 8.45. The minimum atomic E-state index is 0.555. The monoisotopic (exact) mass is 399 g/mol. The zero-order valence-electron chi connectivity index (χ0n) is 14.5. The zero-order chi connectivity index (χ0) is 17.8. The van der Waals surface area contributed by atoms with Crippen molar-refractivity contribution in [3.8, 4) is 0 Å². The molecule has 2 aromatic heterocycles. The summed E-state index contributed by atoms with van der Waals surface area (Å²) < 4.78 is 1.87. The van der Waals surface area contributed by atoms with Crippen molar-refractivity contribution in [3.05, 3.63) is 43.8 Å². The van der Waals surface area contributed by atoms with Gasteiger partial charge in [0.2, 0.25) is 0 Å². The number of guanidine groups is 1. The van der Waals surface area contributed by atoms with Crippen LogP contribution >= 0.6 is 34.5 Å². The smallest absolute Gasteiger partial charge is 0.191 e. The molecule has 0 radical (unpaired) electrons. The second-order valence-corrected chi connectivity index (χ2v) is 7.85. The van der Waals surface area contributed by atoms with E-state index in [0.717, 1.165) is 44.3 Å². The molecule has 5 nitrogen and oxygen atoms in total. The minimum absolute atomic E-state index is 0.555. The Morgan fingerprint density at radius 2 is 2.20 bits per heavy atom. The maximum absolute atomic E-state index is 6.10. The number of aliphatic imine (C=N–C) groups is 1. The fraction of sp³-hybridized carbons (Fsp3) is 0.471. The lowest BCUT2D eigenvalue weighted by molar-refractivity contribution is 0.260. The van der Waals surface area contributed by atoms with Crippen LogP contribution in [0, 0.1) is 0 Å². The van der Waals surface area contributed by atoms with Crippen LogP contribution in [0.25, 0.3) is 0 Å². The first-order chi connectivity index (χ1) is 12.1. The molecule has 2 aromatic rings. The summed E-state index contributed by atoms with van der Waals surface area (Å²) in [4.78, 5) is 8.30. The number of hydrogen-bond donors (Lipinski definition) is 2. The normalized spacial score (nSPS) is 15.3. The number of nitrogens with one attached hydrogen (secondary N) is 2. The Hall–Kier alpha value is -1.21. The van der Waals surface area contributed by atoms with Crippen LogP contribution in [0.15, 0.2) is 22.5 Å². The van der Waals surface area contributed by atoms with Crippen LogP contribution in [-0.4, -0.2) is 42.1 Å². The van der Waals surface area contributed by atoms with Crippen molar-refractivity contribution in [2.45, 2.75) is 19.5 Å². The van der Waals surface area contributed by atoms with Crippen LogP contribution in [0.1, 0.15) is 16.1 Å². The molecular weight excluding hydrogens is 377 g/mol. The Balaban J connectivity index is 1.43. The number of aromatic nitrogens is 1. The maximum Gasteiger partial charge on any atom is 0.191 e. The molecule has 8 heteroatoms. The summed E-state index contributed by atoms with van der Waals surface area (Å²) in [6.07, 6.45) is 1.16. The van der Waals surface area contributed by atoms with E-state index in [1.54, 1.807) is 11.9 Å². The molecular formula is C17H23Cl2N5S. The average Bonchev–Trinajstić information content (AvgIpc) is 3.18. The van der Waals surface area contributed by atoms with Crippen molar-refractivity contribution >= 4 is 40.5 Å². The molecule has 0 aliphatic carbocycles. The van der Waals surface area contributed by atoms with Gasteiger partial charge in [-0.1, -0.05) is 23.2 Å². The number of thiophene rings is 1. The molecule has 136 valence electrons. The van der Waals surface area contributed by atoms with Gasteiger partial charge in [0.15, 0.2) is 5.96 Å². The van der Waals surface area contributed by atoms with Crippen LogP contribution in [0.5, 0.6) is 0 Å². The van der Waals surface area contributed by atoms with Crippen molar-refractivity contribution in [1.29, 1.82) is 0 Å². The van der Waals surface area contributed by atoms with Gasteiger partial charge in [-0.2, -0.15) is 0 Å². The largest absolute Gasteiger partial charge is 0.355 e. The summed E-state index contributed by atoms with van der Waals surface area (Å²) in [7, 11) is 3.68. The van der Waals surface area contributed by atoms with E-state index < -0.39 is 0 Å². The predicted molar refractivity (Wildman–Crippen MR) is 107 cm³/mol. The van der Waals surface area contributed by atoms with Gasteiger partial charge in [0, 0.05) is 50.8 Å². The molecule has 0 unspecified atom stereocenters. The highest BCUT2D eigenvalue weighted by Crippen LogP contribution is 2.25. The predicted octanol–water partition coefficient (Wildman–Crippen LogP) is 3.12. The maximum atomic E-state index is 6.10. The molecule has 0 bridgehead atoms. The highest BCUT2D eigenvalue weighted by molar-refractivity contribution is 7.10. The number of fused-ring (bicyclic) bond motifs is 1. The molecule has 0 saturated carbocycles. The summed E-state index contributed by atoms with van der Waals surface area (Å²) in [5.74, 6) is 0.779. The molecule has 1 aliphatic rings. The standard InChI is InChI=1S/C17H23Cl2N5S/c1-20-17(22-10-13-9-14(18)16(19)23(13)2)21-5-7-24-6-3-15-12(11-24)4-8-25-15/h4,8-9H,3,5-7,10-11H2,1-2H3,(H2,20,21,22). The molecule has 0 aromatic carbocycles. The Bertz CT molecular complexity index is 752.